The number of nitriles is 1. The lowest BCUT2D eigenvalue weighted by Gasteiger charge is -2.23. The van der Waals surface area contributed by atoms with Gasteiger partial charge in [-0.25, -0.2) is 0 Å². The molecule has 2 aromatic rings. The second-order valence-corrected chi connectivity index (χ2v) is 8.13. The van der Waals surface area contributed by atoms with Crippen molar-refractivity contribution < 1.29 is 9.59 Å². The van der Waals surface area contributed by atoms with E-state index in [0.29, 0.717) is 19.6 Å². The van der Waals surface area contributed by atoms with Crippen LogP contribution in [-0.2, 0) is 4.79 Å². The van der Waals surface area contributed by atoms with Gasteiger partial charge in [-0.1, -0.05) is 18.2 Å². The van der Waals surface area contributed by atoms with Crippen LogP contribution in [0.4, 0.5) is 0 Å². The average molecular weight is 382 g/mol. The summed E-state index contributed by atoms with van der Waals surface area (Å²) in [5.41, 5.74) is 0.721. The predicted molar refractivity (Wildman–Crippen MR) is 104 cm³/mol. The number of rotatable bonds is 4. The summed E-state index contributed by atoms with van der Waals surface area (Å²) in [4.78, 5) is 28.9. The van der Waals surface area contributed by atoms with Crippen molar-refractivity contribution in [3.63, 3.8) is 0 Å². The molecular formula is C20H22N4O2S. The molecular weight excluding hydrogens is 360 g/mol. The number of likely N-dealkylation sites (tertiary alicyclic amines) is 2. The summed E-state index contributed by atoms with van der Waals surface area (Å²) < 4.78 is 1.11. The van der Waals surface area contributed by atoms with Gasteiger partial charge in [0, 0.05) is 41.1 Å². The molecule has 4 rings (SSSR count). The number of carbonyl (C=O) groups is 2. The number of benzene rings is 1. The predicted octanol–water partition coefficient (Wildman–Crippen LogP) is 2.22. The van der Waals surface area contributed by atoms with Crippen LogP contribution in [-0.4, -0.2) is 59.9 Å². The number of hydrogen-bond acceptors (Lipinski definition) is 5. The molecule has 0 bridgehead atoms. The first kappa shape index (κ1) is 18.0. The minimum Gasteiger partial charge on any atom is -0.348 e. The minimum absolute atomic E-state index is 0.0230. The van der Waals surface area contributed by atoms with Crippen LogP contribution in [0.15, 0.2) is 29.6 Å². The molecule has 2 aliphatic heterocycles. The molecule has 140 valence electrons. The smallest absolute Gasteiger partial charge is 0.253 e. The lowest BCUT2D eigenvalue weighted by atomic mass is 10.1. The Bertz CT molecular complexity index is 903. The zero-order valence-corrected chi connectivity index (χ0v) is 15.9. The number of nitrogens with zero attached hydrogens (tertiary/aromatic N) is 3. The van der Waals surface area contributed by atoms with Crippen LogP contribution >= 0.6 is 11.3 Å². The van der Waals surface area contributed by atoms with Crippen molar-refractivity contribution in [2.75, 3.05) is 26.2 Å². The first-order valence-corrected chi connectivity index (χ1v) is 10.2. The highest BCUT2D eigenvalue weighted by atomic mass is 32.1. The van der Waals surface area contributed by atoms with Gasteiger partial charge in [0.1, 0.15) is 6.04 Å². The van der Waals surface area contributed by atoms with Crippen LogP contribution in [0.1, 0.15) is 29.6 Å². The summed E-state index contributed by atoms with van der Waals surface area (Å²) in [7, 11) is 0. The molecule has 2 fully saturated rings. The highest BCUT2D eigenvalue weighted by molar-refractivity contribution is 7.17. The molecule has 0 aliphatic carbocycles. The molecule has 7 heteroatoms. The highest BCUT2D eigenvalue weighted by Crippen LogP contribution is 2.26. The molecule has 2 aliphatic rings. The Balaban J connectivity index is 1.33. The summed E-state index contributed by atoms with van der Waals surface area (Å²) in [6.07, 6.45) is 2.51. The van der Waals surface area contributed by atoms with Crippen molar-refractivity contribution in [1.29, 1.82) is 5.26 Å². The fourth-order valence-electron chi connectivity index (χ4n) is 3.99. The van der Waals surface area contributed by atoms with E-state index in [1.54, 1.807) is 16.2 Å². The van der Waals surface area contributed by atoms with Crippen LogP contribution in [0.3, 0.4) is 0 Å². The molecule has 0 spiro atoms. The van der Waals surface area contributed by atoms with Crippen LogP contribution in [0.25, 0.3) is 10.1 Å². The van der Waals surface area contributed by atoms with Crippen molar-refractivity contribution in [3.05, 3.63) is 35.2 Å². The van der Waals surface area contributed by atoms with Crippen LogP contribution in [0.2, 0.25) is 0 Å². The molecule has 2 atom stereocenters. The van der Waals surface area contributed by atoms with Crippen molar-refractivity contribution in [2.24, 2.45) is 0 Å². The molecule has 2 unspecified atom stereocenters. The number of hydrogen-bond donors (Lipinski definition) is 1. The van der Waals surface area contributed by atoms with Gasteiger partial charge in [-0.15, -0.1) is 11.3 Å². The van der Waals surface area contributed by atoms with E-state index >= 15 is 0 Å². The number of amides is 2. The van der Waals surface area contributed by atoms with Gasteiger partial charge >= 0.3 is 0 Å². The van der Waals surface area contributed by atoms with Crippen LogP contribution < -0.4 is 5.32 Å². The highest BCUT2D eigenvalue weighted by Gasteiger charge is 2.32. The largest absolute Gasteiger partial charge is 0.348 e. The van der Waals surface area contributed by atoms with Crippen molar-refractivity contribution in [2.45, 2.75) is 31.3 Å². The molecule has 1 aromatic heterocycles. The van der Waals surface area contributed by atoms with Gasteiger partial charge < -0.3 is 10.2 Å². The Morgan fingerprint density at radius 1 is 1.26 bits per heavy atom. The summed E-state index contributed by atoms with van der Waals surface area (Å²) in [6, 6.07) is 9.91. The first-order valence-electron chi connectivity index (χ1n) is 9.34. The Morgan fingerprint density at radius 2 is 2.11 bits per heavy atom. The van der Waals surface area contributed by atoms with E-state index in [9.17, 15) is 9.59 Å². The molecule has 0 radical (unpaired) electrons. The third kappa shape index (κ3) is 3.68. The SMILES string of the molecule is N#CC1CCCN1C(=O)CN1CCC(NC(=O)c2csc3ccccc23)C1. The van der Waals surface area contributed by atoms with Crippen molar-refractivity contribution >= 4 is 33.2 Å². The second-order valence-electron chi connectivity index (χ2n) is 7.21. The standard InChI is InChI=1S/C20H22N4O2S/c21-10-15-4-3-8-24(15)19(25)12-23-9-7-14(11-23)22-20(26)17-13-27-18-6-2-1-5-16(17)18/h1-2,5-6,13-15H,3-4,7-9,11-12H2,(H,22,26). The van der Waals surface area contributed by atoms with E-state index in [4.69, 9.17) is 5.26 Å². The zero-order chi connectivity index (χ0) is 18.8. The number of fused-ring (bicyclic) bond motifs is 1. The molecule has 1 aromatic carbocycles. The molecule has 2 amide bonds. The van der Waals surface area contributed by atoms with Gasteiger partial charge in [0.25, 0.3) is 5.91 Å². The Labute approximate surface area is 162 Å². The lowest BCUT2D eigenvalue weighted by molar-refractivity contribution is -0.132. The van der Waals surface area contributed by atoms with Gasteiger partial charge in [0.2, 0.25) is 5.91 Å². The Hall–Kier alpha value is -2.43. The third-order valence-corrected chi connectivity index (χ3v) is 6.38. The molecule has 3 heterocycles. The zero-order valence-electron chi connectivity index (χ0n) is 15.1. The Kier molecular flexibility index (Phi) is 5.10. The van der Waals surface area contributed by atoms with Crippen LogP contribution in [0, 0.1) is 11.3 Å². The van der Waals surface area contributed by atoms with E-state index < -0.39 is 0 Å². The maximum atomic E-state index is 12.7. The molecule has 1 N–H and O–H groups in total. The fourth-order valence-corrected chi connectivity index (χ4v) is 4.93. The monoisotopic (exact) mass is 382 g/mol. The van der Waals surface area contributed by atoms with E-state index in [2.05, 4.69) is 16.3 Å². The lowest BCUT2D eigenvalue weighted by Crippen LogP contribution is -2.43. The molecule has 0 saturated carbocycles. The van der Waals surface area contributed by atoms with Gasteiger partial charge in [0.05, 0.1) is 18.2 Å². The topological polar surface area (TPSA) is 76.4 Å². The second kappa shape index (κ2) is 7.67. The van der Waals surface area contributed by atoms with E-state index in [-0.39, 0.29) is 23.9 Å². The quantitative estimate of drug-likeness (QED) is 0.880. The molecule has 27 heavy (non-hydrogen) atoms. The first-order chi connectivity index (χ1) is 13.2. The third-order valence-electron chi connectivity index (χ3n) is 5.41. The summed E-state index contributed by atoms with van der Waals surface area (Å²) >= 11 is 1.58. The van der Waals surface area contributed by atoms with Gasteiger partial charge in [-0.3, -0.25) is 14.5 Å². The van der Waals surface area contributed by atoms with Crippen molar-refractivity contribution in [3.8, 4) is 6.07 Å². The van der Waals surface area contributed by atoms with Gasteiger partial charge in [0.15, 0.2) is 0 Å². The van der Waals surface area contributed by atoms with Crippen LogP contribution in [0.5, 0.6) is 0 Å². The summed E-state index contributed by atoms with van der Waals surface area (Å²) in [6.45, 7) is 2.46. The van der Waals surface area contributed by atoms with Gasteiger partial charge in [-0.05, 0) is 25.3 Å². The van der Waals surface area contributed by atoms with E-state index in [1.807, 2.05) is 29.6 Å². The van der Waals surface area contributed by atoms with E-state index in [1.165, 1.54) is 0 Å². The molecule has 2 saturated heterocycles. The van der Waals surface area contributed by atoms with Crippen molar-refractivity contribution in [1.82, 2.24) is 15.1 Å². The normalized spacial score (nSPS) is 22.9. The van der Waals surface area contributed by atoms with E-state index in [0.717, 1.165) is 41.5 Å². The fraction of sp³-hybridized carbons (Fsp3) is 0.450. The summed E-state index contributed by atoms with van der Waals surface area (Å²) in [5, 5.41) is 15.2. The average Bonchev–Trinajstić information content (AvgIpc) is 3.40. The molecule has 6 nitrogen and oxygen atoms in total. The number of thiophene rings is 1. The maximum Gasteiger partial charge on any atom is 0.253 e. The number of nitrogens with one attached hydrogen (secondary N) is 1. The number of carbonyl (C=O) groups excluding carboxylic acids is 2. The minimum atomic E-state index is -0.275. The maximum absolute atomic E-state index is 12.7. The van der Waals surface area contributed by atoms with Gasteiger partial charge in [-0.2, -0.15) is 5.26 Å². The summed E-state index contributed by atoms with van der Waals surface area (Å²) in [5.74, 6) is -0.0235. The Morgan fingerprint density at radius 3 is 2.96 bits per heavy atom.